The molecule has 0 aliphatic rings. The van der Waals surface area contributed by atoms with Gasteiger partial charge in [0, 0.05) is 6.07 Å². The molecule has 0 aliphatic carbocycles. The topological polar surface area (TPSA) is 94.5 Å². The average molecular weight is 326 g/mol. The van der Waals surface area contributed by atoms with Gasteiger partial charge in [-0.2, -0.15) is 0 Å². The minimum atomic E-state index is -0.718. The molecule has 0 bridgehead atoms. The molecule has 0 fully saturated rings. The molecule has 24 heavy (non-hydrogen) atoms. The number of aromatic nitrogens is 1. The first-order valence-electron chi connectivity index (χ1n) is 7.14. The van der Waals surface area contributed by atoms with Gasteiger partial charge in [0.1, 0.15) is 6.61 Å². The van der Waals surface area contributed by atoms with E-state index in [2.05, 4.69) is 4.98 Å². The maximum Gasteiger partial charge on any atom is 0.332 e. The first kappa shape index (κ1) is 15.5. The lowest BCUT2D eigenvalue weighted by Gasteiger charge is -2.12. The molecule has 122 valence electrons. The van der Waals surface area contributed by atoms with Crippen molar-refractivity contribution < 1.29 is 14.4 Å². The van der Waals surface area contributed by atoms with Crippen LogP contribution in [-0.4, -0.2) is 17.0 Å². The van der Waals surface area contributed by atoms with Gasteiger partial charge in [-0.3, -0.25) is 14.9 Å². The number of nitrogens with one attached hydrogen (secondary N) is 1. The number of pyridine rings is 1. The van der Waals surface area contributed by atoms with Crippen molar-refractivity contribution in [1.29, 1.82) is 0 Å². The van der Waals surface area contributed by atoms with Gasteiger partial charge in [-0.1, -0.05) is 30.3 Å². The Balaban J connectivity index is 2.01. The second-order valence-electron chi connectivity index (χ2n) is 5.08. The molecule has 1 N–H and O–H groups in total. The number of rotatable bonds is 5. The average Bonchev–Trinajstić information content (AvgIpc) is 2.60. The highest BCUT2D eigenvalue weighted by Gasteiger charge is 2.17. The van der Waals surface area contributed by atoms with Gasteiger partial charge in [0.15, 0.2) is 11.5 Å². The third-order valence-corrected chi connectivity index (χ3v) is 3.58. The highest BCUT2D eigenvalue weighted by Crippen LogP contribution is 2.31. The van der Waals surface area contributed by atoms with Crippen LogP contribution in [0.5, 0.6) is 11.5 Å². The third kappa shape index (κ3) is 2.91. The quantitative estimate of drug-likeness (QED) is 0.574. The van der Waals surface area contributed by atoms with Crippen LogP contribution in [0.1, 0.15) is 5.56 Å². The Morgan fingerprint density at radius 1 is 1.17 bits per heavy atom. The molecule has 7 heteroatoms. The summed E-state index contributed by atoms with van der Waals surface area (Å²) in [5.74, 6) is 0.780. The first-order valence-corrected chi connectivity index (χ1v) is 7.14. The zero-order chi connectivity index (χ0) is 17.1. The molecular weight excluding hydrogens is 312 g/mol. The van der Waals surface area contributed by atoms with E-state index in [-0.39, 0.29) is 5.39 Å². The van der Waals surface area contributed by atoms with E-state index in [0.717, 1.165) is 11.8 Å². The lowest BCUT2D eigenvalue weighted by Crippen LogP contribution is -2.09. The summed E-state index contributed by atoms with van der Waals surface area (Å²) in [5.41, 5.74) is 0.246. The molecule has 0 amide bonds. The van der Waals surface area contributed by atoms with Crippen LogP contribution in [0.4, 0.5) is 5.69 Å². The molecule has 0 aliphatic heterocycles. The molecule has 3 rings (SSSR count). The van der Waals surface area contributed by atoms with Crippen molar-refractivity contribution in [3.05, 3.63) is 74.6 Å². The maximum atomic E-state index is 12.2. The van der Waals surface area contributed by atoms with E-state index >= 15 is 0 Å². The van der Waals surface area contributed by atoms with Gasteiger partial charge in [0.05, 0.1) is 29.1 Å². The molecule has 0 spiro atoms. The number of methoxy groups -OCH3 is 1. The van der Waals surface area contributed by atoms with Gasteiger partial charge in [-0.05, 0) is 11.6 Å². The highest BCUT2D eigenvalue weighted by atomic mass is 16.6. The van der Waals surface area contributed by atoms with Crippen LogP contribution >= 0.6 is 0 Å². The van der Waals surface area contributed by atoms with Crippen molar-refractivity contribution >= 4 is 16.6 Å². The van der Waals surface area contributed by atoms with Crippen LogP contribution in [0, 0.1) is 10.1 Å². The van der Waals surface area contributed by atoms with E-state index < -0.39 is 16.0 Å². The van der Waals surface area contributed by atoms with Crippen LogP contribution < -0.4 is 14.9 Å². The molecule has 1 heterocycles. The van der Waals surface area contributed by atoms with Crippen LogP contribution in [-0.2, 0) is 6.61 Å². The standard InChI is InChI=1S/C17H14N2O5/c1-23-15-7-12-13(18-9-14(17(12)20)19(21)22)8-16(15)24-10-11-5-3-2-4-6-11/h2-9H,10H2,1H3,(H,18,20). The number of ether oxygens (including phenoxy) is 2. The monoisotopic (exact) mass is 326 g/mol. The number of nitro groups is 1. The number of hydrogen-bond donors (Lipinski definition) is 1. The van der Waals surface area contributed by atoms with Gasteiger partial charge >= 0.3 is 5.69 Å². The van der Waals surface area contributed by atoms with E-state index in [4.69, 9.17) is 9.47 Å². The molecule has 0 unspecified atom stereocenters. The van der Waals surface area contributed by atoms with Gasteiger partial charge in [0.2, 0.25) is 0 Å². The predicted molar refractivity (Wildman–Crippen MR) is 88.5 cm³/mol. The predicted octanol–water partition coefficient (Wildman–Crippen LogP) is 3.02. The molecule has 0 saturated heterocycles. The summed E-state index contributed by atoms with van der Waals surface area (Å²) in [7, 11) is 1.45. The van der Waals surface area contributed by atoms with E-state index in [1.807, 2.05) is 30.3 Å². The SMILES string of the molecule is COc1cc2c(=O)c([N+](=O)[O-])c[nH]c2cc1OCc1ccccc1. The Morgan fingerprint density at radius 2 is 1.92 bits per heavy atom. The summed E-state index contributed by atoms with van der Waals surface area (Å²) < 4.78 is 11.0. The number of hydrogen-bond acceptors (Lipinski definition) is 5. The second-order valence-corrected chi connectivity index (χ2v) is 5.08. The summed E-state index contributed by atoms with van der Waals surface area (Å²) in [6.45, 7) is 0.333. The van der Waals surface area contributed by atoms with Gasteiger partial charge < -0.3 is 14.5 Å². The van der Waals surface area contributed by atoms with Crippen molar-refractivity contribution in [2.45, 2.75) is 6.61 Å². The van der Waals surface area contributed by atoms with Crippen molar-refractivity contribution in [1.82, 2.24) is 4.98 Å². The number of benzene rings is 2. The second kappa shape index (κ2) is 6.41. The molecule has 0 saturated carbocycles. The highest BCUT2D eigenvalue weighted by molar-refractivity contribution is 5.84. The van der Waals surface area contributed by atoms with E-state index in [9.17, 15) is 14.9 Å². The first-order chi connectivity index (χ1) is 11.6. The van der Waals surface area contributed by atoms with Crippen LogP contribution in [0.3, 0.4) is 0 Å². The minimum absolute atomic E-state index is 0.174. The molecule has 7 nitrogen and oxygen atoms in total. The number of fused-ring (bicyclic) bond motifs is 1. The summed E-state index contributed by atoms with van der Waals surface area (Å²) in [5, 5.41) is 11.1. The van der Waals surface area contributed by atoms with Crippen LogP contribution in [0.15, 0.2) is 53.5 Å². The molecule has 1 aromatic heterocycles. The summed E-state index contributed by atoms with van der Waals surface area (Å²) >= 11 is 0. The number of nitrogens with zero attached hydrogens (tertiary/aromatic N) is 1. The summed E-state index contributed by atoms with van der Waals surface area (Å²) in [6, 6.07) is 12.6. The fourth-order valence-electron chi connectivity index (χ4n) is 2.36. The van der Waals surface area contributed by atoms with Crippen molar-refractivity contribution in [2.75, 3.05) is 7.11 Å². The number of aromatic amines is 1. The summed E-state index contributed by atoms with van der Waals surface area (Å²) in [6.07, 6.45) is 1.08. The molecule has 0 atom stereocenters. The fourth-order valence-corrected chi connectivity index (χ4v) is 2.36. The smallest absolute Gasteiger partial charge is 0.332 e. The van der Waals surface area contributed by atoms with E-state index in [1.54, 1.807) is 6.07 Å². The van der Waals surface area contributed by atoms with E-state index in [0.29, 0.717) is 23.6 Å². The fraction of sp³-hybridized carbons (Fsp3) is 0.118. The normalized spacial score (nSPS) is 10.5. The summed E-state index contributed by atoms with van der Waals surface area (Å²) in [4.78, 5) is 25.1. The van der Waals surface area contributed by atoms with Gasteiger partial charge in [-0.25, -0.2) is 0 Å². The minimum Gasteiger partial charge on any atom is -0.493 e. The lowest BCUT2D eigenvalue weighted by atomic mass is 10.1. The van der Waals surface area contributed by atoms with Gasteiger partial charge in [0.25, 0.3) is 5.43 Å². The third-order valence-electron chi connectivity index (χ3n) is 3.58. The molecular formula is C17H14N2O5. The van der Waals surface area contributed by atoms with Crippen LogP contribution in [0.25, 0.3) is 10.9 Å². The van der Waals surface area contributed by atoms with Gasteiger partial charge in [-0.15, -0.1) is 0 Å². The zero-order valence-corrected chi connectivity index (χ0v) is 12.8. The van der Waals surface area contributed by atoms with Crippen molar-refractivity contribution in [2.24, 2.45) is 0 Å². The molecule has 0 radical (unpaired) electrons. The maximum absolute atomic E-state index is 12.2. The van der Waals surface area contributed by atoms with E-state index in [1.165, 1.54) is 13.2 Å². The molecule has 3 aromatic rings. The Morgan fingerprint density at radius 3 is 2.58 bits per heavy atom. The lowest BCUT2D eigenvalue weighted by molar-refractivity contribution is -0.386. The van der Waals surface area contributed by atoms with Crippen molar-refractivity contribution in [3.8, 4) is 11.5 Å². The van der Waals surface area contributed by atoms with Crippen LogP contribution in [0.2, 0.25) is 0 Å². The Hall–Kier alpha value is -3.35. The van der Waals surface area contributed by atoms with Crippen molar-refractivity contribution in [3.63, 3.8) is 0 Å². The Kier molecular flexibility index (Phi) is 4.15. The Bertz CT molecular complexity index is 950. The molecule has 2 aromatic carbocycles. The zero-order valence-electron chi connectivity index (χ0n) is 12.8. The number of H-pyrrole nitrogens is 1. The Labute approximate surface area is 136 Å². The largest absolute Gasteiger partial charge is 0.493 e.